The van der Waals surface area contributed by atoms with E-state index in [4.69, 9.17) is 0 Å². The number of anilines is 1. The van der Waals surface area contributed by atoms with E-state index in [0.717, 1.165) is 24.1 Å². The molecule has 21 heavy (non-hydrogen) atoms. The van der Waals surface area contributed by atoms with Crippen molar-refractivity contribution < 1.29 is 14.7 Å². The minimum atomic E-state index is -0.867. The van der Waals surface area contributed by atoms with Gasteiger partial charge in [-0.3, -0.25) is 4.79 Å². The minimum Gasteiger partial charge on any atom is -0.480 e. The molecule has 1 fully saturated rings. The number of para-hydroxylation sites is 1. The number of fused-ring (bicyclic) bond motifs is 1. The number of carboxylic acids is 1. The van der Waals surface area contributed by atoms with Crippen LogP contribution < -0.4 is 4.90 Å². The number of amides is 1. The highest BCUT2D eigenvalue weighted by molar-refractivity contribution is 5.88. The summed E-state index contributed by atoms with van der Waals surface area (Å²) in [6.07, 6.45) is 2.60. The van der Waals surface area contributed by atoms with Crippen molar-refractivity contribution in [3.63, 3.8) is 0 Å². The summed E-state index contributed by atoms with van der Waals surface area (Å²) in [5, 5.41) is 9.42. The van der Waals surface area contributed by atoms with Crippen molar-refractivity contribution in [3.05, 3.63) is 29.8 Å². The van der Waals surface area contributed by atoms with Crippen molar-refractivity contribution in [3.8, 4) is 0 Å². The summed E-state index contributed by atoms with van der Waals surface area (Å²) >= 11 is 0. The molecule has 1 saturated carbocycles. The van der Waals surface area contributed by atoms with Gasteiger partial charge in [0.25, 0.3) is 0 Å². The van der Waals surface area contributed by atoms with E-state index in [1.165, 1.54) is 0 Å². The van der Waals surface area contributed by atoms with Gasteiger partial charge in [0.2, 0.25) is 5.91 Å². The Morgan fingerprint density at radius 2 is 2.05 bits per heavy atom. The van der Waals surface area contributed by atoms with Crippen LogP contribution in [0.4, 0.5) is 5.69 Å². The molecule has 1 aliphatic carbocycles. The molecule has 0 aromatic heterocycles. The van der Waals surface area contributed by atoms with Crippen LogP contribution in [0.1, 0.15) is 25.3 Å². The summed E-state index contributed by atoms with van der Waals surface area (Å²) in [5.74, 6) is -0.837. The Hall–Kier alpha value is -2.04. The lowest BCUT2D eigenvalue weighted by Crippen LogP contribution is -2.46. The maximum Gasteiger partial charge on any atom is 0.326 e. The van der Waals surface area contributed by atoms with Crippen LogP contribution in [0, 0.1) is 0 Å². The fraction of sp³-hybridized carbons (Fsp3) is 0.500. The SMILES string of the molecule is CCN(C(=O)CN1c2ccccc2CC1C(=O)O)C1CC1. The molecule has 2 aliphatic rings. The van der Waals surface area contributed by atoms with Crippen molar-refractivity contribution in [1.82, 2.24) is 4.90 Å². The average Bonchev–Trinajstić information content (AvgIpc) is 3.22. The Labute approximate surface area is 124 Å². The first-order valence-corrected chi connectivity index (χ1v) is 7.48. The zero-order valence-electron chi connectivity index (χ0n) is 12.2. The predicted molar refractivity (Wildman–Crippen MR) is 79.3 cm³/mol. The number of aliphatic carboxylic acids is 1. The number of hydrogen-bond donors (Lipinski definition) is 1. The van der Waals surface area contributed by atoms with Gasteiger partial charge in [-0.1, -0.05) is 18.2 Å². The molecule has 3 rings (SSSR count). The number of likely N-dealkylation sites (N-methyl/N-ethyl adjacent to an activating group) is 1. The van der Waals surface area contributed by atoms with Gasteiger partial charge in [0, 0.05) is 24.7 Å². The first-order chi connectivity index (χ1) is 10.1. The van der Waals surface area contributed by atoms with Crippen molar-refractivity contribution in [2.24, 2.45) is 0 Å². The first kappa shape index (κ1) is 13.9. The highest BCUT2D eigenvalue weighted by Gasteiger charge is 2.38. The molecule has 1 N–H and O–H groups in total. The topological polar surface area (TPSA) is 60.9 Å². The Morgan fingerprint density at radius 1 is 1.33 bits per heavy atom. The van der Waals surface area contributed by atoms with Gasteiger partial charge in [-0.2, -0.15) is 0 Å². The van der Waals surface area contributed by atoms with Gasteiger partial charge in [0.1, 0.15) is 6.04 Å². The van der Waals surface area contributed by atoms with Crippen LogP contribution >= 0.6 is 0 Å². The molecule has 1 aliphatic heterocycles. The van der Waals surface area contributed by atoms with Gasteiger partial charge < -0.3 is 14.9 Å². The number of benzene rings is 1. The standard InChI is InChI=1S/C16H20N2O3/c1-2-17(12-7-8-12)15(19)10-18-13-6-4-3-5-11(13)9-14(18)16(20)21/h3-6,12,14H,2,7-10H2,1H3,(H,20,21). The maximum atomic E-state index is 12.5. The third-order valence-corrected chi connectivity index (χ3v) is 4.33. The van der Waals surface area contributed by atoms with E-state index in [9.17, 15) is 14.7 Å². The Bertz CT molecular complexity index is 568. The van der Waals surface area contributed by atoms with E-state index < -0.39 is 12.0 Å². The van der Waals surface area contributed by atoms with Crippen LogP contribution in [-0.2, 0) is 16.0 Å². The predicted octanol–water partition coefficient (Wildman–Crippen LogP) is 1.51. The molecule has 1 amide bonds. The van der Waals surface area contributed by atoms with Crippen molar-refractivity contribution >= 4 is 17.6 Å². The highest BCUT2D eigenvalue weighted by Crippen LogP contribution is 2.33. The van der Waals surface area contributed by atoms with E-state index in [-0.39, 0.29) is 12.5 Å². The quantitative estimate of drug-likeness (QED) is 0.892. The number of carbonyl (C=O) groups is 2. The van der Waals surface area contributed by atoms with Crippen LogP contribution in [0.25, 0.3) is 0 Å². The summed E-state index contributed by atoms with van der Waals surface area (Å²) in [6, 6.07) is 7.37. The smallest absolute Gasteiger partial charge is 0.326 e. The fourth-order valence-corrected chi connectivity index (χ4v) is 3.13. The number of hydrogen-bond acceptors (Lipinski definition) is 3. The Balaban J connectivity index is 1.81. The lowest BCUT2D eigenvalue weighted by atomic mass is 10.1. The molecular weight excluding hydrogens is 268 g/mol. The van der Waals surface area contributed by atoms with E-state index >= 15 is 0 Å². The van der Waals surface area contributed by atoms with Crippen LogP contribution in [-0.4, -0.2) is 47.1 Å². The molecule has 1 aromatic carbocycles. The van der Waals surface area contributed by atoms with Crippen LogP contribution in [0.2, 0.25) is 0 Å². The molecule has 0 bridgehead atoms. The fourth-order valence-electron chi connectivity index (χ4n) is 3.13. The van der Waals surface area contributed by atoms with Gasteiger partial charge in [-0.05, 0) is 31.4 Å². The molecule has 112 valence electrons. The molecule has 0 spiro atoms. The Morgan fingerprint density at radius 3 is 2.67 bits per heavy atom. The molecule has 1 aromatic rings. The molecule has 0 radical (unpaired) electrons. The van der Waals surface area contributed by atoms with Crippen LogP contribution in [0.3, 0.4) is 0 Å². The average molecular weight is 288 g/mol. The monoisotopic (exact) mass is 288 g/mol. The molecule has 1 unspecified atom stereocenters. The highest BCUT2D eigenvalue weighted by atomic mass is 16.4. The molecule has 1 atom stereocenters. The largest absolute Gasteiger partial charge is 0.480 e. The zero-order valence-corrected chi connectivity index (χ0v) is 12.2. The van der Waals surface area contributed by atoms with Crippen molar-refractivity contribution in [2.45, 2.75) is 38.3 Å². The summed E-state index contributed by atoms with van der Waals surface area (Å²) in [7, 11) is 0. The van der Waals surface area contributed by atoms with Gasteiger partial charge >= 0.3 is 5.97 Å². The number of carbonyl (C=O) groups excluding carboxylic acids is 1. The van der Waals surface area contributed by atoms with E-state index in [0.29, 0.717) is 19.0 Å². The molecule has 5 heteroatoms. The lowest BCUT2D eigenvalue weighted by molar-refractivity contribution is -0.138. The first-order valence-electron chi connectivity index (χ1n) is 7.48. The summed E-state index contributed by atoms with van der Waals surface area (Å²) in [4.78, 5) is 27.6. The number of carboxylic acid groups (broad SMARTS) is 1. The molecular formula is C16H20N2O3. The second-order valence-electron chi connectivity index (χ2n) is 5.73. The summed E-state index contributed by atoms with van der Waals surface area (Å²) in [6.45, 7) is 2.82. The summed E-state index contributed by atoms with van der Waals surface area (Å²) < 4.78 is 0. The van der Waals surface area contributed by atoms with Crippen molar-refractivity contribution in [2.75, 3.05) is 18.0 Å². The van der Waals surface area contributed by atoms with E-state index in [1.807, 2.05) is 36.1 Å². The molecule has 0 saturated heterocycles. The van der Waals surface area contributed by atoms with Crippen LogP contribution in [0.5, 0.6) is 0 Å². The van der Waals surface area contributed by atoms with E-state index in [2.05, 4.69) is 0 Å². The van der Waals surface area contributed by atoms with Gasteiger partial charge in [-0.15, -0.1) is 0 Å². The molecule has 1 heterocycles. The number of nitrogens with zero attached hydrogens (tertiary/aromatic N) is 2. The summed E-state index contributed by atoms with van der Waals surface area (Å²) in [5.41, 5.74) is 1.89. The normalized spacial score (nSPS) is 20.2. The van der Waals surface area contributed by atoms with Gasteiger partial charge in [0.15, 0.2) is 0 Å². The van der Waals surface area contributed by atoms with Crippen LogP contribution in [0.15, 0.2) is 24.3 Å². The lowest BCUT2D eigenvalue weighted by Gasteiger charge is -2.28. The second-order valence-corrected chi connectivity index (χ2v) is 5.73. The third kappa shape index (κ3) is 2.60. The number of rotatable bonds is 5. The maximum absolute atomic E-state index is 12.5. The van der Waals surface area contributed by atoms with Gasteiger partial charge in [-0.25, -0.2) is 4.79 Å². The molecule has 5 nitrogen and oxygen atoms in total. The second kappa shape index (κ2) is 5.39. The third-order valence-electron chi connectivity index (χ3n) is 4.33. The van der Waals surface area contributed by atoms with Gasteiger partial charge in [0.05, 0.1) is 6.54 Å². The zero-order chi connectivity index (χ0) is 15.0. The van der Waals surface area contributed by atoms with Crippen molar-refractivity contribution in [1.29, 1.82) is 0 Å². The minimum absolute atomic E-state index is 0.0305. The Kier molecular flexibility index (Phi) is 3.57. The van der Waals surface area contributed by atoms with E-state index in [1.54, 1.807) is 4.90 Å².